The van der Waals surface area contributed by atoms with Crippen LogP contribution in [-0.4, -0.2) is 141 Å². The molecule has 72 heavy (non-hydrogen) atoms. The highest BCUT2D eigenvalue weighted by Crippen LogP contribution is 2.25. The molecule has 8 atom stereocenters. The van der Waals surface area contributed by atoms with Crippen LogP contribution in [0.5, 0.6) is 5.75 Å². The van der Waals surface area contributed by atoms with Crippen LogP contribution in [-0.2, 0) is 57.6 Å². The number of aromatic amines is 1. The fourth-order valence-corrected chi connectivity index (χ4v) is 10.3. The van der Waals surface area contributed by atoms with Crippen LogP contribution >= 0.6 is 21.6 Å². The number of phenolic OH excluding ortho intramolecular Hbond substituents is 1. The molecule has 1 aliphatic heterocycles. The van der Waals surface area contributed by atoms with Crippen molar-refractivity contribution in [2.45, 2.75) is 108 Å². The number of nitrogens with one attached hydrogen (secondary N) is 7. The summed E-state index contributed by atoms with van der Waals surface area (Å²) in [5.41, 5.74) is 14.4. The number of amides is 7. The quantitative estimate of drug-likeness (QED) is 0.0556. The fraction of sp³-hybridized carbons (Fsp3) is 0.440. The Kier molecular flexibility index (Phi) is 21.3. The average molecular weight is 1030 g/mol. The van der Waals surface area contributed by atoms with E-state index >= 15 is 0 Å². The molecule has 1 aromatic heterocycles. The zero-order valence-corrected chi connectivity index (χ0v) is 42.4. The number of likely N-dealkylation sites (N-methyl/N-ethyl adjacent to an activating group) is 1. The Bertz CT molecular complexity index is 2510. The van der Waals surface area contributed by atoms with Gasteiger partial charge in [0, 0.05) is 54.9 Å². The second-order valence-corrected chi connectivity index (χ2v) is 20.7. The van der Waals surface area contributed by atoms with Crippen molar-refractivity contribution in [3.63, 3.8) is 0 Å². The van der Waals surface area contributed by atoms with Crippen molar-refractivity contribution in [3.8, 4) is 5.75 Å². The number of carbonyl (C=O) groups is 8. The van der Waals surface area contributed by atoms with Gasteiger partial charge in [0.1, 0.15) is 48.0 Å². The smallest absolute Gasteiger partial charge is 0.326 e. The van der Waals surface area contributed by atoms with Gasteiger partial charge in [0.05, 0.1) is 6.04 Å². The Labute approximate surface area is 426 Å². The molecule has 1 fully saturated rings. The monoisotopic (exact) mass is 1030 g/mol. The first kappa shape index (κ1) is 56.3. The van der Waals surface area contributed by atoms with Crippen molar-refractivity contribution < 1.29 is 48.6 Å². The summed E-state index contributed by atoms with van der Waals surface area (Å²) in [6, 6.07) is 11.8. The highest BCUT2D eigenvalue weighted by Gasteiger charge is 2.37. The zero-order chi connectivity index (χ0) is 52.5. The van der Waals surface area contributed by atoms with Crippen molar-refractivity contribution in [2.24, 2.45) is 17.4 Å². The SMILES string of the molecule is CC(C)[C@H](NC(=O)[C@@H]1CSSC[C@H](NC(=O)[C@H](C)N)C(=O)N(C)[C@@H](Cc2ccccc2)C(=O)N[C@@H](Cc2c[nH]c3ccccc23)C(=O)N[C@@H](CCCCN)C(=O)N[C@@H](Cc2ccc(O)cc2)C(=O)N1)C(=O)O. The van der Waals surface area contributed by atoms with Crippen LogP contribution in [0.4, 0.5) is 0 Å². The van der Waals surface area contributed by atoms with Crippen LogP contribution in [0.25, 0.3) is 10.9 Å². The maximum atomic E-state index is 14.9. The number of benzene rings is 3. The molecule has 0 aliphatic carbocycles. The van der Waals surface area contributed by atoms with E-state index in [0.29, 0.717) is 29.5 Å². The number of hydrogen-bond donors (Lipinski definition) is 11. The number of phenols is 1. The molecule has 3 aromatic carbocycles. The number of carboxylic acid groups (broad SMARTS) is 1. The molecule has 13 N–H and O–H groups in total. The van der Waals surface area contributed by atoms with Crippen LogP contribution < -0.4 is 43.4 Å². The summed E-state index contributed by atoms with van der Waals surface area (Å²) < 4.78 is 0. The Morgan fingerprint density at radius 2 is 1.35 bits per heavy atom. The normalized spacial score (nSPS) is 21.9. The number of fused-ring (bicyclic) bond motifs is 1. The molecule has 0 bridgehead atoms. The molecule has 1 saturated heterocycles. The first-order valence-corrected chi connectivity index (χ1v) is 26.2. The molecule has 388 valence electrons. The Hall–Kier alpha value is -6.62. The minimum absolute atomic E-state index is 0.0110. The van der Waals surface area contributed by atoms with Crippen LogP contribution in [0, 0.1) is 5.92 Å². The molecule has 0 unspecified atom stereocenters. The molecular weight excluding hydrogens is 965 g/mol. The van der Waals surface area contributed by atoms with E-state index in [9.17, 15) is 48.6 Å². The van der Waals surface area contributed by atoms with Gasteiger partial charge in [-0.2, -0.15) is 0 Å². The number of rotatable bonds is 16. The lowest BCUT2D eigenvalue weighted by molar-refractivity contribution is -0.143. The third-order valence-corrected chi connectivity index (χ3v) is 14.6. The maximum absolute atomic E-state index is 14.9. The number of unbranched alkanes of at least 4 members (excludes halogenated alkanes) is 1. The molecule has 0 radical (unpaired) electrons. The second-order valence-electron chi connectivity index (χ2n) is 18.1. The van der Waals surface area contributed by atoms with E-state index in [4.69, 9.17) is 11.5 Å². The molecule has 7 amide bonds. The minimum Gasteiger partial charge on any atom is -0.508 e. The van der Waals surface area contributed by atoms with Gasteiger partial charge in [-0.05, 0) is 73.5 Å². The van der Waals surface area contributed by atoms with E-state index < -0.39 is 102 Å². The van der Waals surface area contributed by atoms with Crippen LogP contribution in [0.1, 0.15) is 56.7 Å². The third kappa shape index (κ3) is 16.2. The summed E-state index contributed by atoms with van der Waals surface area (Å²) >= 11 is 0. The molecule has 20 nitrogen and oxygen atoms in total. The third-order valence-electron chi connectivity index (χ3n) is 12.2. The predicted molar refractivity (Wildman–Crippen MR) is 276 cm³/mol. The predicted octanol–water partition coefficient (Wildman–Crippen LogP) is 1.25. The van der Waals surface area contributed by atoms with Crippen LogP contribution in [0.3, 0.4) is 0 Å². The zero-order valence-electron chi connectivity index (χ0n) is 40.7. The summed E-state index contributed by atoms with van der Waals surface area (Å²) in [7, 11) is 3.51. The average Bonchev–Trinajstić information content (AvgIpc) is 3.76. The van der Waals surface area contributed by atoms with Gasteiger partial charge in [0.15, 0.2) is 0 Å². The number of para-hydroxylation sites is 1. The van der Waals surface area contributed by atoms with Crippen molar-refractivity contribution in [1.82, 2.24) is 41.8 Å². The lowest BCUT2D eigenvalue weighted by Gasteiger charge is -2.33. The number of hydrogen-bond acceptors (Lipinski definition) is 13. The molecule has 0 saturated carbocycles. The topological polar surface area (TPSA) is 320 Å². The number of aromatic nitrogens is 1. The van der Waals surface area contributed by atoms with Gasteiger partial charge < -0.3 is 63.5 Å². The van der Waals surface area contributed by atoms with Gasteiger partial charge in [0.2, 0.25) is 41.4 Å². The van der Waals surface area contributed by atoms with E-state index in [0.717, 1.165) is 32.5 Å². The van der Waals surface area contributed by atoms with Gasteiger partial charge in [0.25, 0.3) is 0 Å². The van der Waals surface area contributed by atoms with E-state index in [-0.39, 0.29) is 49.5 Å². The van der Waals surface area contributed by atoms with Crippen LogP contribution in [0.2, 0.25) is 0 Å². The van der Waals surface area contributed by atoms with Gasteiger partial charge in [-0.3, -0.25) is 33.6 Å². The molecule has 1 aliphatic rings. The summed E-state index contributed by atoms with van der Waals surface area (Å²) in [5, 5.41) is 37.2. The summed E-state index contributed by atoms with van der Waals surface area (Å²) in [4.78, 5) is 117. The number of carbonyl (C=O) groups excluding carboxylic acids is 7. The lowest BCUT2D eigenvalue weighted by atomic mass is 10.00. The maximum Gasteiger partial charge on any atom is 0.326 e. The molecular formula is C50H66N10O10S2. The highest BCUT2D eigenvalue weighted by atomic mass is 33.1. The van der Waals surface area contributed by atoms with Crippen LogP contribution in [0.15, 0.2) is 85.1 Å². The summed E-state index contributed by atoms with van der Waals surface area (Å²) in [5.74, 6) is -7.52. The van der Waals surface area contributed by atoms with Gasteiger partial charge in [-0.25, -0.2) is 4.79 Å². The molecule has 0 spiro atoms. The van der Waals surface area contributed by atoms with E-state index in [1.165, 1.54) is 31.0 Å². The van der Waals surface area contributed by atoms with E-state index in [1.807, 2.05) is 24.3 Å². The first-order chi connectivity index (χ1) is 34.4. The van der Waals surface area contributed by atoms with Gasteiger partial charge in [-0.15, -0.1) is 0 Å². The van der Waals surface area contributed by atoms with Gasteiger partial charge >= 0.3 is 5.97 Å². The number of carboxylic acids is 1. The van der Waals surface area contributed by atoms with Crippen molar-refractivity contribution in [3.05, 3.63) is 102 Å². The Balaban J connectivity index is 1.63. The number of aliphatic carboxylic acids is 1. The van der Waals surface area contributed by atoms with Gasteiger partial charge in [-0.1, -0.05) is 96.1 Å². The summed E-state index contributed by atoms with van der Waals surface area (Å²) in [6.45, 7) is 4.92. The Morgan fingerprint density at radius 3 is 2.01 bits per heavy atom. The second kappa shape index (κ2) is 27.3. The fourth-order valence-electron chi connectivity index (χ4n) is 7.96. The Morgan fingerprint density at radius 1 is 0.750 bits per heavy atom. The molecule has 5 rings (SSSR count). The molecule has 4 aromatic rings. The standard InChI is InChI=1S/C50H66N10O10S2/c1-28(2)42(50(69)70)59-47(66)39-26-71-72-27-40(58-43(62)29(3)52)49(68)60(4)41(23-30-12-6-5-7-13-30)48(67)56-38(24-32-25-53-35-15-9-8-14-34(32)35)46(65)54-36(16-10-11-21-51)44(63)55-37(45(64)57-39)22-31-17-19-33(61)20-18-31/h5-9,12-15,17-20,25,28-29,36-42,53,61H,10-11,16,21-24,26-27,51-52H2,1-4H3,(H,54,65)(H,55,63)(H,56,67)(H,57,64)(H,58,62)(H,59,66)(H,69,70)/t29-,36-,37-,38-,39-,40-,41-,42-/m0/s1. The molecule has 2 heterocycles. The number of nitrogens with zero attached hydrogens (tertiary/aromatic N) is 1. The largest absolute Gasteiger partial charge is 0.508 e. The van der Waals surface area contributed by atoms with Crippen molar-refractivity contribution in [1.29, 1.82) is 0 Å². The van der Waals surface area contributed by atoms with E-state index in [1.54, 1.807) is 62.5 Å². The first-order valence-electron chi connectivity index (χ1n) is 23.7. The van der Waals surface area contributed by atoms with E-state index in [2.05, 4.69) is 36.9 Å². The molecule has 22 heteroatoms. The minimum atomic E-state index is -1.42. The number of nitrogens with two attached hydrogens (primary N) is 2. The van der Waals surface area contributed by atoms with Crippen molar-refractivity contribution in [2.75, 3.05) is 25.1 Å². The lowest BCUT2D eigenvalue weighted by Crippen LogP contribution is -2.61. The highest BCUT2D eigenvalue weighted by molar-refractivity contribution is 8.76. The van der Waals surface area contributed by atoms with Crippen molar-refractivity contribution >= 4 is 79.8 Å². The summed E-state index contributed by atoms with van der Waals surface area (Å²) in [6.07, 6.45) is 2.39. The number of aromatic hydroxyl groups is 1. The number of H-pyrrole nitrogens is 1.